The lowest BCUT2D eigenvalue weighted by Crippen LogP contribution is -2.58. The Hall–Kier alpha value is -1.60. The third-order valence-electron chi connectivity index (χ3n) is 4.88. The van der Waals surface area contributed by atoms with Gasteiger partial charge in [0.25, 0.3) is 0 Å². The fourth-order valence-electron chi connectivity index (χ4n) is 3.63. The molecule has 2 aliphatic heterocycles. The number of ether oxygens (including phenoxy) is 1. The SMILES string of the molecule is COCC1(C(=O)N2CCc3cc(C(F)(F)F)ccc3C2)CCCN1. The maximum atomic E-state index is 13.0. The Labute approximate surface area is 139 Å². The molecule has 132 valence electrons. The summed E-state index contributed by atoms with van der Waals surface area (Å²) in [6, 6.07) is 3.78. The van der Waals surface area contributed by atoms with Gasteiger partial charge >= 0.3 is 6.18 Å². The molecular weight excluding hydrogens is 321 g/mol. The highest BCUT2D eigenvalue weighted by molar-refractivity contribution is 5.87. The number of hydrogen-bond donors (Lipinski definition) is 1. The van der Waals surface area contributed by atoms with Crippen LogP contribution in [0.15, 0.2) is 18.2 Å². The normalized spacial score (nSPS) is 24.1. The third-order valence-corrected chi connectivity index (χ3v) is 4.88. The number of amides is 1. The number of nitrogens with one attached hydrogen (secondary N) is 1. The van der Waals surface area contributed by atoms with Crippen LogP contribution in [0, 0.1) is 0 Å². The molecule has 0 radical (unpaired) electrons. The smallest absolute Gasteiger partial charge is 0.382 e. The minimum absolute atomic E-state index is 0.0209. The van der Waals surface area contributed by atoms with Crippen molar-refractivity contribution in [2.75, 3.05) is 26.8 Å². The molecule has 1 aromatic rings. The standard InChI is InChI=1S/C17H21F3N2O2/c1-24-11-16(6-2-7-21-16)15(23)22-8-5-12-9-14(17(18,19)20)4-3-13(12)10-22/h3-4,9,21H,2,5-8,10-11H2,1H3. The molecule has 1 amide bonds. The van der Waals surface area contributed by atoms with Crippen molar-refractivity contribution in [3.63, 3.8) is 0 Å². The molecule has 0 saturated carbocycles. The number of halogens is 3. The van der Waals surface area contributed by atoms with Crippen molar-refractivity contribution in [1.29, 1.82) is 0 Å². The van der Waals surface area contributed by atoms with Crippen LogP contribution >= 0.6 is 0 Å². The molecule has 4 nitrogen and oxygen atoms in total. The Balaban J connectivity index is 1.78. The van der Waals surface area contributed by atoms with Crippen LogP contribution in [0.1, 0.15) is 29.5 Å². The summed E-state index contributed by atoms with van der Waals surface area (Å²) in [4.78, 5) is 14.7. The van der Waals surface area contributed by atoms with Gasteiger partial charge in [-0.05, 0) is 49.1 Å². The highest BCUT2D eigenvalue weighted by Crippen LogP contribution is 2.33. The largest absolute Gasteiger partial charge is 0.416 e. The Morgan fingerprint density at radius 3 is 2.79 bits per heavy atom. The Morgan fingerprint density at radius 2 is 2.17 bits per heavy atom. The molecule has 1 atom stereocenters. The lowest BCUT2D eigenvalue weighted by molar-refractivity contribution is -0.141. The number of nitrogens with zero attached hydrogens (tertiary/aromatic N) is 1. The summed E-state index contributed by atoms with van der Waals surface area (Å²) in [5.74, 6) is -0.0209. The first-order valence-electron chi connectivity index (χ1n) is 8.08. The lowest BCUT2D eigenvalue weighted by Gasteiger charge is -2.37. The van der Waals surface area contributed by atoms with Crippen molar-refractivity contribution < 1.29 is 22.7 Å². The van der Waals surface area contributed by atoms with Gasteiger partial charge in [0.15, 0.2) is 0 Å². The second-order valence-electron chi connectivity index (χ2n) is 6.50. The van der Waals surface area contributed by atoms with E-state index in [1.54, 1.807) is 12.0 Å². The van der Waals surface area contributed by atoms with Crippen LogP contribution in [0.3, 0.4) is 0 Å². The molecule has 0 spiro atoms. The predicted molar refractivity (Wildman–Crippen MR) is 82.4 cm³/mol. The molecule has 1 saturated heterocycles. The third kappa shape index (κ3) is 3.15. The van der Waals surface area contributed by atoms with Gasteiger partial charge in [-0.2, -0.15) is 13.2 Å². The van der Waals surface area contributed by atoms with Crippen LogP contribution in [0.5, 0.6) is 0 Å². The summed E-state index contributed by atoms with van der Waals surface area (Å²) in [6.07, 6.45) is -2.27. The average molecular weight is 342 g/mol. The molecule has 1 N–H and O–H groups in total. The summed E-state index contributed by atoms with van der Waals surface area (Å²) in [5, 5.41) is 3.26. The first kappa shape index (κ1) is 17.2. The van der Waals surface area contributed by atoms with Gasteiger partial charge in [0.2, 0.25) is 5.91 Å². The second kappa shape index (κ2) is 6.37. The topological polar surface area (TPSA) is 41.6 Å². The number of carbonyl (C=O) groups is 1. The van der Waals surface area contributed by atoms with Gasteiger partial charge in [-0.15, -0.1) is 0 Å². The van der Waals surface area contributed by atoms with E-state index in [1.165, 1.54) is 12.1 Å². The van der Waals surface area contributed by atoms with Crippen molar-refractivity contribution >= 4 is 5.91 Å². The number of carbonyl (C=O) groups excluding carboxylic acids is 1. The van der Waals surface area contributed by atoms with Crippen molar-refractivity contribution in [3.05, 3.63) is 34.9 Å². The zero-order valence-electron chi connectivity index (χ0n) is 13.6. The quantitative estimate of drug-likeness (QED) is 0.917. The molecular formula is C17H21F3N2O2. The van der Waals surface area contributed by atoms with E-state index in [2.05, 4.69) is 5.32 Å². The van der Waals surface area contributed by atoms with Crippen LogP contribution in [0.2, 0.25) is 0 Å². The maximum Gasteiger partial charge on any atom is 0.416 e. The van der Waals surface area contributed by atoms with E-state index in [4.69, 9.17) is 4.74 Å². The number of hydrogen-bond acceptors (Lipinski definition) is 3. The van der Waals surface area contributed by atoms with Crippen LogP contribution in [-0.4, -0.2) is 43.2 Å². The molecule has 1 aromatic carbocycles. The van der Waals surface area contributed by atoms with Crippen molar-refractivity contribution in [3.8, 4) is 0 Å². The van der Waals surface area contributed by atoms with Gasteiger partial charge < -0.3 is 15.0 Å². The number of rotatable bonds is 3. The molecule has 2 aliphatic rings. The highest BCUT2D eigenvalue weighted by Gasteiger charge is 2.44. The van der Waals surface area contributed by atoms with Crippen LogP contribution in [-0.2, 0) is 28.7 Å². The van der Waals surface area contributed by atoms with Crippen LogP contribution in [0.4, 0.5) is 13.2 Å². The van der Waals surface area contributed by atoms with E-state index >= 15 is 0 Å². The minimum atomic E-state index is -4.34. The molecule has 24 heavy (non-hydrogen) atoms. The Bertz CT molecular complexity index is 625. The highest BCUT2D eigenvalue weighted by atomic mass is 19.4. The molecule has 3 rings (SSSR count). The van der Waals surface area contributed by atoms with Gasteiger partial charge in [-0.1, -0.05) is 6.07 Å². The first-order valence-corrected chi connectivity index (χ1v) is 8.08. The maximum absolute atomic E-state index is 13.0. The molecule has 0 aliphatic carbocycles. The summed E-state index contributed by atoms with van der Waals surface area (Å²) in [5.41, 5.74) is 0.134. The summed E-state index contributed by atoms with van der Waals surface area (Å²) >= 11 is 0. The van der Waals surface area contributed by atoms with Crippen LogP contribution in [0.25, 0.3) is 0 Å². The van der Waals surface area contributed by atoms with Crippen molar-refractivity contribution in [2.45, 2.75) is 37.5 Å². The predicted octanol–water partition coefficient (Wildman–Crippen LogP) is 2.36. The summed E-state index contributed by atoms with van der Waals surface area (Å²) < 4.78 is 43.7. The van der Waals surface area contributed by atoms with Gasteiger partial charge in [0.05, 0.1) is 12.2 Å². The van der Waals surface area contributed by atoms with Gasteiger partial charge in [-0.3, -0.25) is 4.79 Å². The summed E-state index contributed by atoms with van der Waals surface area (Å²) in [6.45, 7) is 1.86. The van der Waals surface area contributed by atoms with E-state index < -0.39 is 17.3 Å². The van der Waals surface area contributed by atoms with Gasteiger partial charge in [-0.25, -0.2) is 0 Å². The van der Waals surface area contributed by atoms with Gasteiger partial charge in [0, 0.05) is 20.2 Å². The molecule has 0 aromatic heterocycles. The van der Waals surface area contributed by atoms with Crippen molar-refractivity contribution in [1.82, 2.24) is 10.2 Å². The number of fused-ring (bicyclic) bond motifs is 1. The zero-order valence-corrected chi connectivity index (χ0v) is 13.6. The molecule has 7 heteroatoms. The molecule has 0 bridgehead atoms. The Morgan fingerprint density at radius 1 is 1.38 bits per heavy atom. The number of methoxy groups -OCH3 is 1. The zero-order chi connectivity index (χ0) is 17.4. The van der Waals surface area contributed by atoms with Crippen molar-refractivity contribution in [2.24, 2.45) is 0 Å². The van der Waals surface area contributed by atoms with E-state index in [9.17, 15) is 18.0 Å². The van der Waals surface area contributed by atoms with Crippen LogP contribution < -0.4 is 5.32 Å². The summed E-state index contributed by atoms with van der Waals surface area (Å²) in [7, 11) is 1.57. The average Bonchev–Trinajstić information content (AvgIpc) is 3.02. The molecule has 1 fully saturated rings. The Kier molecular flexibility index (Phi) is 4.57. The monoisotopic (exact) mass is 342 g/mol. The minimum Gasteiger partial charge on any atom is -0.382 e. The fraction of sp³-hybridized carbons (Fsp3) is 0.588. The first-order chi connectivity index (χ1) is 11.4. The lowest BCUT2D eigenvalue weighted by atomic mass is 9.92. The molecule has 1 unspecified atom stereocenters. The fourth-order valence-corrected chi connectivity index (χ4v) is 3.63. The van der Waals surface area contributed by atoms with E-state index in [0.29, 0.717) is 31.7 Å². The molecule has 2 heterocycles. The second-order valence-corrected chi connectivity index (χ2v) is 6.50. The number of alkyl halides is 3. The van der Waals surface area contributed by atoms with Gasteiger partial charge in [0.1, 0.15) is 5.54 Å². The number of benzene rings is 1. The van der Waals surface area contributed by atoms with E-state index in [-0.39, 0.29) is 5.91 Å². The van der Waals surface area contributed by atoms with E-state index in [1.807, 2.05) is 0 Å². The van der Waals surface area contributed by atoms with E-state index in [0.717, 1.165) is 31.0 Å².